The summed E-state index contributed by atoms with van der Waals surface area (Å²) in [4.78, 5) is 24.9. The van der Waals surface area contributed by atoms with E-state index in [0.29, 0.717) is 30.9 Å². The highest BCUT2D eigenvalue weighted by Gasteiger charge is 2.30. The Morgan fingerprint density at radius 3 is 2.42 bits per heavy atom. The molecule has 1 aliphatic heterocycles. The van der Waals surface area contributed by atoms with Crippen molar-refractivity contribution in [1.82, 2.24) is 9.62 Å². The molecule has 1 heterocycles. The first-order valence-corrected chi connectivity index (χ1v) is 11.7. The minimum atomic E-state index is -3.76. The number of anilines is 1. The van der Waals surface area contributed by atoms with Crippen molar-refractivity contribution in [1.29, 1.82) is 0 Å². The van der Waals surface area contributed by atoms with Gasteiger partial charge in [-0.3, -0.25) is 9.59 Å². The molecule has 2 N–H and O–H groups in total. The lowest BCUT2D eigenvalue weighted by molar-refractivity contribution is 0.0952. The minimum Gasteiger partial charge on any atom is -0.495 e. The topological polar surface area (TPSA) is 105 Å². The molecule has 2 aromatic rings. The lowest BCUT2D eigenvalue weighted by Crippen LogP contribution is -2.28. The molecular weight excluding hydrogens is 418 g/mol. The van der Waals surface area contributed by atoms with Crippen LogP contribution in [-0.4, -0.2) is 51.3 Å². The van der Waals surface area contributed by atoms with E-state index in [4.69, 9.17) is 4.74 Å². The van der Waals surface area contributed by atoms with Gasteiger partial charge in [-0.1, -0.05) is 13.0 Å². The Hall–Kier alpha value is -2.91. The average Bonchev–Trinajstić information content (AvgIpc) is 3.33. The van der Waals surface area contributed by atoms with Gasteiger partial charge in [-0.05, 0) is 55.7 Å². The van der Waals surface area contributed by atoms with E-state index in [1.165, 1.54) is 29.6 Å². The highest BCUT2D eigenvalue weighted by Crippen LogP contribution is 2.30. The second-order valence-corrected chi connectivity index (χ2v) is 9.17. The number of benzene rings is 2. The second kappa shape index (κ2) is 9.93. The van der Waals surface area contributed by atoms with Crippen LogP contribution in [0.5, 0.6) is 5.75 Å². The van der Waals surface area contributed by atoms with Gasteiger partial charge in [0, 0.05) is 36.4 Å². The lowest BCUT2D eigenvalue weighted by atomic mass is 10.1. The summed E-state index contributed by atoms with van der Waals surface area (Å²) in [5.74, 6) is -0.508. The molecule has 2 aromatic carbocycles. The first-order chi connectivity index (χ1) is 14.9. The largest absolute Gasteiger partial charge is 0.495 e. The third kappa shape index (κ3) is 5.23. The first-order valence-electron chi connectivity index (χ1n) is 10.2. The summed E-state index contributed by atoms with van der Waals surface area (Å²) in [5.41, 5.74) is 1.05. The molecule has 3 rings (SSSR count). The maximum atomic E-state index is 13.0. The van der Waals surface area contributed by atoms with Crippen LogP contribution in [-0.2, 0) is 10.0 Å². The summed E-state index contributed by atoms with van der Waals surface area (Å²) in [6.07, 6.45) is 2.44. The predicted molar refractivity (Wildman–Crippen MR) is 118 cm³/mol. The van der Waals surface area contributed by atoms with E-state index in [1.807, 2.05) is 6.92 Å². The van der Waals surface area contributed by atoms with Crippen molar-refractivity contribution < 1.29 is 22.7 Å². The van der Waals surface area contributed by atoms with E-state index >= 15 is 0 Å². The van der Waals surface area contributed by atoms with Gasteiger partial charge in [0.15, 0.2) is 0 Å². The number of rotatable bonds is 8. The van der Waals surface area contributed by atoms with E-state index in [1.54, 1.807) is 24.3 Å². The van der Waals surface area contributed by atoms with Crippen LogP contribution in [0, 0.1) is 0 Å². The zero-order chi connectivity index (χ0) is 22.4. The second-order valence-electron chi connectivity index (χ2n) is 7.27. The minimum absolute atomic E-state index is 0.0303. The Morgan fingerprint density at radius 2 is 1.74 bits per heavy atom. The van der Waals surface area contributed by atoms with Gasteiger partial charge in [-0.15, -0.1) is 0 Å². The molecule has 0 unspecified atom stereocenters. The zero-order valence-electron chi connectivity index (χ0n) is 17.7. The number of methoxy groups -OCH3 is 1. The molecule has 31 heavy (non-hydrogen) atoms. The number of hydrogen-bond donors (Lipinski definition) is 2. The smallest absolute Gasteiger partial charge is 0.255 e. The van der Waals surface area contributed by atoms with Gasteiger partial charge in [0.25, 0.3) is 11.8 Å². The van der Waals surface area contributed by atoms with Crippen molar-refractivity contribution >= 4 is 27.5 Å². The van der Waals surface area contributed by atoms with Gasteiger partial charge in [0.05, 0.1) is 7.11 Å². The molecule has 8 nitrogen and oxygen atoms in total. The molecule has 0 radical (unpaired) electrons. The third-order valence-electron chi connectivity index (χ3n) is 5.03. The molecule has 1 fully saturated rings. The van der Waals surface area contributed by atoms with E-state index < -0.39 is 15.9 Å². The fourth-order valence-electron chi connectivity index (χ4n) is 3.37. The third-order valence-corrected chi connectivity index (χ3v) is 6.95. The number of amides is 2. The Bertz CT molecular complexity index is 1060. The Labute approximate surface area is 182 Å². The molecule has 2 amide bonds. The predicted octanol–water partition coefficient (Wildman–Crippen LogP) is 2.87. The summed E-state index contributed by atoms with van der Waals surface area (Å²) in [7, 11) is -2.37. The van der Waals surface area contributed by atoms with Gasteiger partial charge >= 0.3 is 0 Å². The Balaban J connectivity index is 1.83. The van der Waals surface area contributed by atoms with E-state index in [2.05, 4.69) is 10.6 Å². The fraction of sp³-hybridized carbons (Fsp3) is 0.364. The monoisotopic (exact) mass is 445 g/mol. The summed E-state index contributed by atoms with van der Waals surface area (Å²) >= 11 is 0. The molecule has 0 aromatic heterocycles. The molecule has 0 aliphatic carbocycles. The number of carbonyl (C=O) groups excluding carboxylic acids is 2. The first kappa shape index (κ1) is 22.8. The number of ether oxygens (including phenoxy) is 1. The number of carbonyl (C=O) groups is 2. The normalized spacial score (nSPS) is 14.3. The molecule has 0 saturated carbocycles. The van der Waals surface area contributed by atoms with Crippen LogP contribution in [0.2, 0.25) is 0 Å². The van der Waals surface area contributed by atoms with Crippen LogP contribution in [0.15, 0.2) is 47.4 Å². The van der Waals surface area contributed by atoms with Gasteiger partial charge in [0.1, 0.15) is 10.6 Å². The van der Waals surface area contributed by atoms with E-state index in [9.17, 15) is 18.0 Å². The van der Waals surface area contributed by atoms with Crippen LogP contribution >= 0.6 is 0 Å². The highest BCUT2D eigenvalue weighted by molar-refractivity contribution is 7.89. The molecule has 1 aliphatic rings. The summed E-state index contributed by atoms with van der Waals surface area (Å²) < 4.78 is 32.7. The van der Waals surface area contributed by atoms with Crippen LogP contribution in [0.25, 0.3) is 0 Å². The maximum Gasteiger partial charge on any atom is 0.255 e. The van der Waals surface area contributed by atoms with E-state index in [0.717, 1.165) is 19.3 Å². The van der Waals surface area contributed by atoms with Crippen molar-refractivity contribution in [2.45, 2.75) is 31.1 Å². The van der Waals surface area contributed by atoms with Crippen LogP contribution in [0.1, 0.15) is 46.9 Å². The average molecular weight is 446 g/mol. The summed E-state index contributed by atoms with van der Waals surface area (Å²) in [6.45, 7) is 3.43. The number of sulfonamides is 1. The highest BCUT2D eigenvalue weighted by atomic mass is 32.2. The van der Waals surface area contributed by atoms with Gasteiger partial charge in [-0.25, -0.2) is 8.42 Å². The van der Waals surface area contributed by atoms with Crippen LogP contribution in [0.3, 0.4) is 0 Å². The standard InChI is InChI=1S/C22H27N3O5S/c1-3-11-23-21(26)16-7-6-8-18(14-16)24-22(27)17-9-10-19(30-2)20(15-17)31(28,29)25-12-4-5-13-25/h6-10,14-15H,3-5,11-13H2,1-2H3,(H,23,26)(H,24,27). The maximum absolute atomic E-state index is 13.0. The SMILES string of the molecule is CCCNC(=O)c1cccc(NC(=O)c2ccc(OC)c(S(=O)(=O)N3CCCC3)c2)c1. The summed E-state index contributed by atoms with van der Waals surface area (Å²) in [5, 5.41) is 5.51. The van der Waals surface area contributed by atoms with E-state index in [-0.39, 0.29) is 22.1 Å². The zero-order valence-corrected chi connectivity index (χ0v) is 18.5. The molecule has 9 heteroatoms. The van der Waals surface area contributed by atoms with Crippen molar-refractivity contribution in [2.75, 3.05) is 32.1 Å². The lowest BCUT2D eigenvalue weighted by Gasteiger charge is -2.18. The molecule has 0 bridgehead atoms. The van der Waals surface area contributed by atoms with Crippen molar-refractivity contribution in [3.63, 3.8) is 0 Å². The van der Waals surface area contributed by atoms with Gasteiger partial charge in [-0.2, -0.15) is 4.31 Å². The van der Waals surface area contributed by atoms with Crippen LogP contribution in [0.4, 0.5) is 5.69 Å². The van der Waals surface area contributed by atoms with Crippen molar-refractivity contribution in [3.05, 3.63) is 53.6 Å². The number of hydrogen-bond acceptors (Lipinski definition) is 5. The number of nitrogens with zero attached hydrogens (tertiary/aromatic N) is 1. The quantitative estimate of drug-likeness (QED) is 0.650. The van der Waals surface area contributed by atoms with Gasteiger partial charge < -0.3 is 15.4 Å². The summed E-state index contributed by atoms with van der Waals surface area (Å²) in [6, 6.07) is 10.9. The van der Waals surface area contributed by atoms with Crippen molar-refractivity contribution in [2.24, 2.45) is 0 Å². The number of nitrogens with one attached hydrogen (secondary N) is 2. The van der Waals surface area contributed by atoms with Crippen molar-refractivity contribution in [3.8, 4) is 5.75 Å². The molecule has 1 saturated heterocycles. The molecule has 166 valence electrons. The van der Waals surface area contributed by atoms with Crippen LogP contribution < -0.4 is 15.4 Å². The fourth-order valence-corrected chi connectivity index (χ4v) is 5.07. The van der Waals surface area contributed by atoms with Gasteiger partial charge in [0.2, 0.25) is 10.0 Å². The molecular formula is C22H27N3O5S. The Kier molecular flexibility index (Phi) is 7.29. The molecule has 0 atom stereocenters. The Morgan fingerprint density at radius 1 is 1.03 bits per heavy atom. The molecule has 0 spiro atoms.